The van der Waals surface area contributed by atoms with Gasteiger partial charge in [0.15, 0.2) is 0 Å². The van der Waals surface area contributed by atoms with Crippen LogP contribution in [0, 0.1) is 5.92 Å². The Morgan fingerprint density at radius 1 is 1.23 bits per heavy atom. The van der Waals surface area contributed by atoms with Crippen LogP contribution in [0.1, 0.15) is 36.0 Å². The van der Waals surface area contributed by atoms with Crippen LogP contribution in [0.15, 0.2) is 18.5 Å². The highest BCUT2D eigenvalue weighted by Crippen LogP contribution is 2.39. The number of aromatic nitrogens is 2. The number of fused-ring (bicyclic) bond motifs is 3. The molecule has 170 valence electrons. The van der Waals surface area contributed by atoms with Gasteiger partial charge in [0.25, 0.3) is 5.91 Å². The lowest BCUT2D eigenvalue weighted by molar-refractivity contribution is 0.0773. The topological polar surface area (TPSA) is 70.8 Å². The van der Waals surface area contributed by atoms with Gasteiger partial charge in [0.05, 0.1) is 17.9 Å². The molecule has 0 saturated heterocycles. The molecule has 0 spiro atoms. The van der Waals surface area contributed by atoms with E-state index in [1.807, 2.05) is 17.8 Å². The number of rotatable bonds is 7. The van der Waals surface area contributed by atoms with Crippen LogP contribution in [-0.2, 0) is 11.5 Å². The van der Waals surface area contributed by atoms with Crippen molar-refractivity contribution in [2.24, 2.45) is 5.92 Å². The minimum absolute atomic E-state index is 0.0313. The molecule has 1 aliphatic heterocycles. The molecule has 1 fully saturated rings. The Hall–Kier alpha value is -1.90. The van der Waals surface area contributed by atoms with Crippen LogP contribution in [0.2, 0.25) is 25.7 Å². The molecule has 0 atom stereocenters. The largest absolute Gasteiger partial charge is 0.396 e. The van der Waals surface area contributed by atoms with Crippen molar-refractivity contribution in [3.05, 3.63) is 24.0 Å². The summed E-state index contributed by atoms with van der Waals surface area (Å²) in [5, 5.41) is 10.5. The van der Waals surface area contributed by atoms with Gasteiger partial charge >= 0.3 is 0 Å². The quantitative estimate of drug-likeness (QED) is 0.520. The van der Waals surface area contributed by atoms with E-state index in [2.05, 4.69) is 35.6 Å². The Morgan fingerprint density at radius 3 is 2.65 bits per heavy atom. The fraction of sp³-hybridized carbons (Fsp3) is 0.652. The molecule has 2 aliphatic rings. The summed E-state index contributed by atoms with van der Waals surface area (Å²) in [6.45, 7) is 9.18. The maximum atomic E-state index is 12.9. The van der Waals surface area contributed by atoms with Crippen LogP contribution >= 0.6 is 0 Å². The second-order valence-electron chi connectivity index (χ2n) is 10.4. The number of hydrogen-bond donors (Lipinski definition) is 1. The molecule has 4 rings (SSSR count). The van der Waals surface area contributed by atoms with E-state index < -0.39 is 8.07 Å². The average Bonchev–Trinajstić information content (AvgIpc) is 3.16. The Labute approximate surface area is 186 Å². The molecular formula is C23H36N4O3Si. The Kier molecular flexibility index (Phi) is 6.41. The number of nitrogens with zero attached hydrogens (tertiary/aromatic N) is 4. The van der Waals surface area contributed by atoms with Crippen LogP contribution in [0.4, 0.5) is 5.69 Å². The first-order valence-corrected chi connectivity index (χ1v) is 15.2. The highest BCUT2D eigenvalue weighted by molar-refractivity contribution is 6.76. The van der Waals surface area contributed by atoms with E-state index in [1.165, 1.54) is 0 Å². The number of pyridine rings is 1. The first kappa shape index (κ1) is 22.3. The number of aliphatic hydroxyl groups excluding tert-OH is 1. The Morgan fingerprint density at radius 2 is 1.97 bits per heavy atom. The second kappa shape index (κ2) is 8.92. The molecule has 1 amide bonds. The number of amides is 1. The van der Waals surface area contributed by atoms with Gasteiger partial charge in [-0.2, -0.15) is 0 Å². The molecule has 1 aliphatic carbocycles. The lowest BCUT2D eigenvalue weighted by Gasteiger charge is -2.43. The van der Waals surface area contributed by atoms with E-state index in [-0.39, 0.29) is 12.5 Å². The predicted octanol–water partition coefficient (Wildman–Crippen LogP) is 3.75. The molecule has 7 nitrogen and oxygen atoms in total. The molecule has 1 saturated carbocycles. The van der Waals surface area contributed by atoms with Gasteiger partial charge in [-0.1, -0.05) is 19.6 Å². The smallest absolute Gasteiger partial charge is 0.258 e. The van der Waals surface area contributed by atoms with Gasteiger partial charge in [0, 0.05) is 52.2 Å². The summed E-state index contributed by atoms with van der Waals surface area (Å²) in [5.74, 6) is 0.440. The number of carbonyl (C=O) groups excluding carboxylic acids is 1. The highest BCUT2D eigenvalue weighted by Gasteiger charge is 2.35. The summed E-state index contributed by atoms with van der Waals surface area (Å²) < 4.78 is 8.00. The lowest BCUT2D eigenvalue weighted by atomic mass is 9.85. The minimum atomic E-state index is -1.12. The van der Waals surface area contributed by atoms with Crippen molar-refractivity contribution in [2.75, 3.05) is 31.8 Å². The number of hydrogen-bond acceptors (Lipinski definition) is 5. The number of carbonyl (C=O) groups is 1. The summed E-state index contributed by atoms with van der Waals surface area (Å²) in [4.78, 5) is 21.7. The van der Waals surface area contributed by atoms with E-state index >= 15 is 0 Å². The van der Waals surface area contributed by atoms with Gasteiger partial charge in [0.2, 0.25) is 0 Å². The van der Waals surface area contributed by atoms with E-state index in [1.54, 1.807) is 11.1 Å². The van der Waals surface area contributed by atoms with Crippen LogP contribution in [0.25, 0.3) is 11.0 Å². The van der Waals surface area contributed by atoms with Crippen molar-refractivity contribution in [3.8, 4) is 0 Å². The second-order valence-corrected chi connectivity index (χ2v) is 16.0. The summed E-state index contributed by atoms with van der Waals surface area (Å²) >= 11 is 0. The standard InChI is InChI=1S/C23H36N4O3Si/c1-25-15-27(18-7-5-17(14-28)6-8-18)21-19-9-10-26(16-30-11-12-31(2,3)4)22(19)24-13-20(21)23(25)29/h9-10,13,17-18,28H,5-8,11-12,14-16H2,1-4H3. The van der Waals surface area contributed by atoms with Crippen molar-refractivity contribution in [3.63, 3.8) is 0 Å². The van der Waals surface area contributed by atoms with Crippen molar-refractivity contribution >= 4 is 30.7 Å². The summed E-state index contributed by atoms with van der Waals surface area (Å²) in [7, 11) is 0.743. The highest BCUT2D eigenvalue weighted by atomic mass is 28.3. The zero-order valence-corrected chi connectivity index (χ0v) is 20.3. The summed E-state index contributed by atoms with van der Waals surface area (Å²) in [6, 6.07) is 3.59. The van der Waals surface area contributed by atoms with E-state index in [0.29, 0.717) is 30.9 Å². The van der Waals surface area contributed by atoms with Crippen molar-refractivity contribution in [2.45, 2.75) is 64.1 Å². The zero-order chi connectivity index (χ0) is 22.2. The fourth-order valence-corrected chi connectivity index (χ4v) is 5.50. The monoisotopic (exact) mass is 444 g/mol. The summed E-state index contributed by atoms with van der Waals surface area (Å²) in [5.41, 5.74) is 2.57. The van der Waals surface area contributed by atoms with Crippen molar-refractivity contribution in [1.82, 2.24) is 14.5 Å². The third-order valence-corrected chi connectivity index (χ3v) is 8.44. The van der Waals surface area contributed by atoms with Crippen LogP contribution in [-0.4, -0.2) is 66.5 Å². The molecule has 1 N–H and O–H groups in total. The van der Waals surface area contributed by atoms with E-state index in [4.69, 9.17) is 4.74 Å². The van der Waals surface area contributed by atoms with Gasteiger partial charge in [-0.25, -0.2) is 4.98 Å². The third kappa shape index (κ3) is 4.66. The Bertz CT molecular complexity index is 931. The molecule has 0 radical (unpaired) electrons. The van der Waals surface area contributed by atoms with Crippen LogP contribution in [0.5, 0.6) is 0 Å². The third-order valence-electron chi connectivity index (χ3n) is 6.73. The molecule has 2 aromatic rings. The number of anilines is 1. The SMILES string of the molecule is CN1CN(C2CCC(CO)CC2)c2c(cnc3c2ccn3COCC[Si](C)(C)C)C1=O. The van der Waals surface area contributed by atoms with Gasteiger partial charge < -0.3 is 24.2 Å². The molecule has 0 aromatic carbocycles. The zero-order valence-electron chi connectivity index (χ0n) is 19.3. The predicted molar refractivity (Wildman–Crippen MR) is 126 cm³/mol. The van der Waals surface area contributed by atoms with Gasteiger partial charge in [0.1, 0.15) is 12.4 Å². The van der Waals surface area contributed by atoms with Gasteiger partial charge in [-0.05, 0) is 43.7 Å². The number of aliphatic hydroxyl groups is 1. The lowest BCUT2D eigenvalue weighted by Crippen LogP contribution is -2.50. The minimum Gasteiger partial charge on any atom is -0.396 e. The maximum absolute atomic E-state index is 12.9. The first-order chi connectivity index (χ1) is 14.8. The number of ether oxygens (including phenoxy) is 1. The van der Waals surface area contributed by atoms with Crippen molar-refractivity contribution < 1.29 is 14.6 Å². The van der Waals surface area contributed by atoms with Crippen LogP contribution in [0.3, 0.4) is 0 Å². The van der Waals surface area contributed by atoms with Gasteiger partial charge in [-0.3, -0.25) is 4.79 Å². The van der Waals surface area contributed by atoms with Gasteiger partial charge in [-0.15, -0.1) is 0 Å². The molecule has 0 bridgehead atoms. The maximum Gasteiger partial charge on any atom is 0.258 e. The molecule has 3 heterocycles. The average molecular weight is 445 g/mol. The molecular weight excluding hydrogens is 408 g/mol. The molecule has 0 unspecified atom stereocenters. The first-order valence-electron chi connectivity index (χ1n) is 11.5. The van der Waals surface area contributed by atoms with Crippen LogP contribution < -0.4 is 4.90 Å². The molecule has 8 heteroatoms. The summed E-state index contributed by atoms with van der Waals surface area (Å²) in [6.07, 6.45) is 7.90. The van der Waals surface area contributed by atoms with E-state index in [0.717, 1.165) is 55.1 Å². The van der Waals surface area contributed by atoms with E-state index in [9.17, 15) is 9.90 Å². The van der Waals surface area contributed by atoms with Crippen molar-refractivity contribution in [1.29, 1.82) is 0 Å². The Balaban J connectivity index is 1.61. The normalized spacial score (nSPS) is 22.3. The molecule has 31 heavy (non-hydrogen) atoms. The fourth-order valence-electron chi connectivity index (χ4n) is 4.74. The molecule has 2 aromatic heterocycles.